The zero-order chi connectivity index (χ0) is 15.6. The van der Waals surface area contributed by atoms with Crippen molar-refractivity contribution < 1.29 is 22.0 Å². The molecule has 1 unspecified atom stereocenters. The lowest BCUT2D eigenvalue weighted by Crippen LogP contribution is -2.39. The molecule has 2 nitrogen and oxygen atoms in total. The quantitative estimate of drug-likeness (QED) is 0.522. The van der Waals surface area contributed by atoms with Crippen molar-refractivity contribution in [3.63, 3.8) is 0 Å². The van der Waals surface area contributed by atoms with Crippen LogP contribution in [0.2, 0.25) is 0 Å². The van der Waals surface area contributed by atoms with Gasteiger partial charge in [0, 0.05) is 13.1 Å². The van der Waals surface area contributed by atoms with Gasteiger partial charge >= 0.3 is 0 Å². The highest BCUT2D eigenvalue weighted by molar-refractivity contribution is 5.50. The van der Waals surface area contributed by atoms with Crippen molar-refractivity contribution >= 4 is 5.69 Å². The van der Waals surface area contributed by atoms with Crippen LogP contribution < -0.4 is 10.2 Å². The van der Waals surface area contributed by atoms with Crippen molar-refractivity contribution in [3.05, 3.63) is 29.1 Å². The molecule has 1 saturated heterocycles. The average Bonchev–Trinajstić information content (AvgIpc) is 2.51. The first-order chi connectivity index (χ1) is 9.97. The summed E-state index contributed by atoms with van der Waals surface area (Å²) in [6.45, 7) is 3.59. The van der Waals surface area contributed by atoms with Crippen LogP contribution >= 0.6 is 0 Å². The monoisotopic (exact) mass is 308 g/mol. The number of rotatable bonds is 4. The number of nitrogens with zero attached hydrogens (tertiary/aromatic N) is 1. The summed E-state index contributed by atoms with van der Waals surface area (Å²) in [5.74, 6) is -9.33. The van der Waals surface area contributed by atoms with Crippen molar-refractivity contribution in [1.82, 2.24) is 5.32 Å². The second kappa shape index (κ2) is 6.60. The molecule has 2 rings (SSSR count). The average molecular weight is 308 g/mol. The fraction of sp³-hybridized carbons (Fsp3) is 0.571. The van der Waals surface area contributed by atoms with E-state index >= 15 is 0 Å². The normalized spacial score (nSPS) is 18.9. The summed E-state index contributed by atoms with van der Waals surface area (Å²) >= 11 is 0. The zero-order valence-electron chi connectivity index (χ0n) is 11.7. The third-order valence-electron chi connectivity index (χ3n) is 3.76. The highest BCUT2D eigenvalue weighted by atomic mass is 19.2. The molecular formula is C14H17F5N2. The minimum absolute atomic E-state index is 0.119. The van der Waals surface area contributed by atoms with E-state index in [1.807, 2.05) is 0 Å². The molecule has 0 spiro atoms. The summed E-state index contributed by atoms with van der Waals surface area (Å²) in [6.07, 6.45) is 1.79. The standard InChI is InChI=1S/C14H17F5N2/c1-2-21(7-8-4-3-5-20-6-8)14-12(18)10(16)9(15)11(17)13(14)19/h8,20H,2-7H2,1H3. The first kappa shape index (κ1) is 16.0. The van der Waals surface area contributed by atoms with Crippen LogP contribution in [0.3, 0.4) is 0 Å². The molecule has 1 aromatic carbocycles. The van der Waals surface area contributed by atoms with Crippen molar-refractivity contribution in [2.75, 3.05) is 31.1 Å². The third-order valence-corrected chi connectivity index (χ3v) is 3.76. The summed E-state index contributed by atoms with van der Waals surface area (Å²) in [5.41, 5.74) is -0.834. The molecule has 1 fully saturated rings. The van der Waals surface area contributed by atoms with Gasteiger partial charge in [-0.05, 0) is 38.8 Å². The maximum Gasteiger partial charge on any atom is 0.200 e. The molecule has 118 valence electrons. The van der Waals surface area contributed by atoms with Crippen LogP contribution in [-0.2, 0) is 0 Å². The first-order valence-electron chi connectivity index (χ1n) is 6.94. The summed E-state index contributed by atoms with van der Waals surface area (Å²) < 4.78 is 67.3. The van der Waals surface area contributed by atoms with E-state index in [9.17, 15) is 22.0 Å². The largest absolute Gasteiger partial charge is 0.367 e. The lowest BCUT2D eigenvalue weighted by Gasteiger charge is -2.31. The van der Waals surface area contributed by atoms with Crippen LogP contribution in [0, 0.1) is 35.0 Å². The van der Waals surface area contributed by atoms with Gasteiger partial charge in [0.15, 0.2) is 23.3 Å². The topological polar surface area (TPSA) is 15.3 Å². The van der Waals surface area contributed by atoms with Crippen molar-refractivity contribution in [3.8, 4) is 0 Å². The number of benzene rings is 1. The van der Waals surface area contributed by atoms with Gasteiger partial charge in [0.25, 0.3) is 0 Å². The number of nitrogens with one attached hydrogen (secondary N) is 1. The van der Waals surface area contributed by atoms with E-state index in [0.29, 0.717) is 6.54 Å². The Morgan fingerprint density at radius 3 is 2.05 bits per heavy atom. The Kier molecular flexibility index (Phi) is 5.03. The fourth-order valence-corrected chi connectivity index (χ4v) is 2.64. The Labute approximate surface area is 119 Å². The molecule has 1 atom stereocenters. The van der Waals surface area contributed by atoms with Crippen LogP contribution in [0.4, 0.5) is 27.6 Å². The van der Waals surface area contributed by atoms with Gasteiger partial charge in [-0.2, -0.15) is 0 Å². The molecule has 1 aliphatic heterocycles. The number of hydrogen-bond donors (Lipinski definition) is 1. The minimum atomic E-state index is -2.12. The molecule has 0 amide bonds. The highest BCUT2D eigenvalue weighted by Crippen LogP contribution is 2.31. The predicted molar refractivity (Wildman–Crippen MR) is 69.7 cm³/mol. The Morgan fingerprint density at radius 2 is 1.57 bits per heavy atom. The molecule has 0 aromatic heterocycles. The van der Waals surface area contributed by atoms with Crippen molar-refractivity contribution in [2.24, 2.45) is 5.92 Å². The van der Waals surface area contributed by atoms with E-state index < -0.39 is 34.8 Å². The number of halogens is 5. The molecule has 21 heavy (non-hydrogen) atoms. The van der Waals surface area contributed by atoms with E-state index in [2.05, 4.69) is 5.32 Å². The van der Waals surface area contributed by atoms with Gasteiger partial charge in [0.05, 0.1) is 0 Å². The third kappa shape index (κ3) is 3.12. The number of piperidine rings is 1. The maximum absolute atomic E-state index is 13.8. The summed E-state index contributed by atoms with van der Waals surface area (Å²) in [4.78, 5) is 1.22. The molecular weight excluding hydrogens is 291 g/mol. The van der Waals surface area contributed by atoms with Gasteiger partial charge in [-0.3, -0.25) is 0 Å². The van der Waals surface area contributed by atoms with Crippen LogP contribution in [0.25, 0.3) is 0 Å². The molecule has 7 heteroatoms. The smallest absolute Gasteiger partial charge is 0.200 e. The molecule has 0 bridgehead atoms. The van der Waals surface area contributed by atoms with Crippen LogP contribution in [-0.4, -0.2) is 26.2 Å². The highest BCUT2D eigenvalue weighted by Gasteiger charge is 2.29. The van der Waals surface area contributed by atoms with Gasteiger partial charge in [0.1, 0.15) is 5.69 Å². The van der Waals surface area contributed by atoms with Crippen molar-refractivity contribution in [1.29, 1.82) is 0 Å². The molecule has 1 aromatic rings. The number of anilines is 1. The number of hydrogen-bond acceptors (Lipinski definition) is 2. The first-order valence-corrected chi connectivity index (χ1v) is 6.94. The fourth-order valence-electron chi connectivity index (χ4n) is 2.64. The van der Waals surface area contributed by atoms with Gasteiger partial charge in [-0.25, -0.2) is 22.0 Å². The van der Waals surface area contributed by atoms with Gasteiger partial charge in [0.2, 0.25) is 5.82 Å². The van der Waals surface area contributed by atoms with Crippen LogP contribution in [0.1, 0.15) is 19.8 Å². The minimum Gasteiger partial charge on any atom is -0.367 e. The summed E-state index contributed by atoms with van der Waals surface area (Å²) in [7, 11) is 0. The van der Waals surface area contributed by atoms with E-state index in [1.54, 1.807) is 6.92 Å². The van der Waals surface area contributed by atoms with E-state index in [4.69, 9.17) is 0 Å². The maximum atomic E-state index is 13.8. The van der Waals surface area contributed by atoms with Gasteiger partial charge in [-0.15, -0.1) is 0 Å². The summed E-state index contributed by atoms with van der Waals surface area (Å²) in [5, 5.41) is 3.15. The van der Waals surface area contributed by atoms with Crippen LogP contribution in [0.5, 0.6) is 0 Å². The Morgan fingerprint density at radius 1 is 1.00 bits per heavy atom. The van der Waals surface area contributed by atoms with E-state index in [0.717, 1.165) is 19.4 Å². The Hall–Kier alpha value is -1.37. The Balaban J connectivity index is 2.33. The zero-order valence-corrected chi connectivity index (χ0v) is 11.7. The SMILES string of the molecule is CCN(CC1CCCNC1)c1c(F)c(F)c(F)c(F)c1F. The van der Waals surface area contributed by atoms with E-state index in [-0.39, 0.29) is 19.0 Å². The predicted octanol–water partition coefficient (Wildman–Crippen LogP) is 3.21. The summed E-state index contributed by atoms with van der Waals surface area (Å²) in [6, 6.07) is 0. The lowest BCUT2D eigenvalue weighted by atomic mass is 9.98. The van der Waals surface area contributed by atoms with Crippen molar-refractivity contribution in [2.45, 2.75) is 19.8 Å². The molecule has 0 saturated carbocycles. The molecule has 1 heterocycles. The molecule has 1 N–H and O–H groups in total. The second-order valence-electron chi connectivity index (χ2n) is 5.17. The van der Waals surface area contributed by atoms with E-state index in [1.165, 1.54) is 4.90 Å². The molecule has 0 radical (unpaired) electrons. The van der Waals surface area contributed by atoms with Gasteiger partial charge < -0.3 is 10.2 Å². The Bertz CT molecular complexity index is 486. The lowest BCUT2D eigenvalue weighted by molar-refractivity contribution is 0.362. The second-order valence-corrected chi connectivity index (χ2v) is 5.17. The molecule has 0 aliphatic carbocycles. The molecule has 1 aliphatic rings. The van der Waals surface area contributed by atoms with Gasteiger partial charge in [-0.1, -0.05) is 0 Å². The van der Waals surface area contributed by atoms with Crippen LogP contribution in [0.15, 0.2) is 0 Å².